The monoisotopic (exact) mass is 536 g/mol. The van der Waals surface area contributed by atoms with Gasteiger partial charge in [-0.05, 0) is 73.5 Å². The predicted octanol–water partition coefficient (Wildman–Crippen LogP) is 7.23. The second kappa shape index (κ2) is 11.2. The fourth-order valence-corrected chi connectivity index (χ4v) is 5.71. The molecular weight excluding hydrogens is 512 g/mol. The first-order valence-corrected chi connectivity index (χ1v) is 13.9. The lowest BCUT2D eigenvalue weighted by molar-refractivity contribution is -0.115. The van der Waals surface area contributed by atoms with Gasteiger partial charge in [0, 0.05) is 21.3 Å². The van der Waals surface area contributed by atoms with Crippen molar-refractivity contribution in [3.63, 3.8) is 0 Å². The summed E-state index contributed by atoms with van der Waals surface area (Å²) in [6, 6.07) is 28.5. The van der Waals surface area contributed by atoms with Crippen LogP contribution in [0.4, 0.5) is 11.4 Å². The Bertz CT molecular complexity index is 1460. The first kappa shape index (κ1) is 25.8. The Labute approximate surface area is 221 Å². The summed E-state index contributed by atoms with van der Waals surface area (Å²) in [6.07, 6.45) is 0. The Balaban J connectivity index is 1.51. The summed E-state index contributed by atoms with van der Waals surface area (Å²) in [5.74, 6) is -0.185. The molecule has 1 unspecified atom stereocenters. The lowest BCUT2D eigenvalue weighted by Gasteiger charge is -2.18. The number of rotatable bonds is 8. The molecule has 0 spiro atoms. The van der Waals surface area contributed by atoms with Gasteiger partial charge in [-0.3, -0.25) is 9.52 Å². The van der Waals surface area contributed by atoms with Crippen LogP contribution in [0.3, 0.4) is 0 Å². The largest absolute Gasteiger partial charge is 0.325 e. The maximum absolute atomic E-state index is 13.3. The molecule has 1 atom stereocenters. The highest BCUT2D eigenvalue weighted by atomic mass is 35.5. The van der Waals surface area contributed by atoms with E-state index in [1.54, 1.807) is 54.6 Å². The van der Waals surface area contributed by atoms with Gasteiger partial charge in [-0.15, -0.1) is 11.8 Å². The molecule has 1 amide bonds. The number of carbonyl (C=O) groups is 1. The number of aryl methyl sites for hydroxylation is 2. The van der Waals surface area contributed by atoms with E-state index in [0.717, 1.165) is 21.6 Å². The van der Waals surface area contributed by atoms with Gasteiger partial charge in [0.05, 0.1) is 4.90 Å². The first-order valence-electron chi connectivity index (χ1n) is 11.2. The van der Waals surface area contributed by atoms with Crippen molar-refractivity contribution in [2.45, 2.75) is 28.9 Å². The number of carbonyl (C=O) groups excluding carboxylic acids is 1. The number of nitrogens with one attached hydrogen (secondary N) is 2. The van der Waals surface area contributed by atoms with Crippen molar-refractivity contribution in [1.82, 2.24) is 0 Å². The van der Waals surface area contributed by atoms with E-state index >= 15 is 0 Å². The summed E-state index contributed by atoms with van der Waals surface area (Å²) in [7, 11) is -3.70. The molecule has 8 heteroatoms. The van der Waals surface area contributed by atoms with Crippen LogP contribution in [0.15, 0.2) is 107 Å². The number of benzene rings is 4. The first-order chi connectivity index (χ1) is 17.2. The molecular formula is C28H25ClN2O3S2. The number of hydrogen-bond acceptors (Lipinski definition) is 4. The van der Waals surface area contributed by atoms with Crippen molar-refractivity contribution in [2.75, 3.05) is 10.0 Å². The van der Waals surface area contributed by atoms with E-state index < -0.39 is 15.3 Å². The summed E-state index contributed by atoms with van der Waals surface area (Å²) in [5.41, 5.74) is 3.83. The van der Waals surface area contributed by atoms with Gasteiger partial charge in [-0.25, -0.2) is 8.42 Å². The molecule has 0 fully saturated rings. The van der Waals surface area contributed by atoms with E-state index in [1.807, 2.05) is 56.3 Å². The fourth-order valence-electron chi connectivity index (χ4n) is 3.45. The third-order valence-corrected chi connectivity index (χ3v) is 8.54. The second-order valence-corrected chi connectivity index (χ2v) is 11.6. The van der Waals surface area contributed by atoms with E-state index in [4.69, 9.17) is 11.6 Å². The molecule has 5 nitrogen and oxygen atoms in total. The zero-order valence-corrected chi connectivity index (χ0v) is 22.1. The summed E-state index contributed by atoms with van der Waals surface area (Å²) < 4.78 is 28.0. The number of halogens is 1. The Morgan fingerprint density at radius 1 is 0.833 bits per heavy atom. The van der Waals surface area contributed by atoms with Crippen LogP contribution in [0.1, 0.15) is 21.9 Å². The number of hydrogen-bond donors (Lipinski definition) is 2. The molecule has 184 valence electrons. The van der Waals surface area contributed by atoms with Crippen LogP contribution in [0, 0.1) is 13.8 Å². The molecule has 0 aliphatic rings. The van der Waals surface area contributed by atoms with E-state index in [-0.39, 0.29) is 10.8 Å². The Kier molecular flexibility index (Phi) is 8.04. The second-order valence-electron chi connectivity index (χ2n) is 8.30. The fraction of sp³-hybridized carbons (Fsp3) is 0.107. The molecule has 4 aromatic carbocycles. The van der Waals surface area contributed by atoms with E-state index in [9.17, 15) is 13.2 Å². The highest BCUT2D eigenvalue weighted by Gasteiger charge is 2.23. The quantitative estimate of drug-likeness (QED) is 0.233. The summed E-state index contributed by atoms with van der Waals surface area (Å²) >= 11 is 7.60. The summed E-state index contributed by atoms with van der Waals surface area (Å²) in [5, 5.41) is 3.01. The molecule has 0 aromatic heterocycles. The minimum absolute atomic E-state index is 0.185. The number of sulfonamides is 1. The topological polar surface area (TPSA) is 75.3 Å². The average molecular weight is 537 g/mol. The summed E-state index contributed by atoms with van der Waals surface area (Å²) in [4.78, 5) is 14.3. The minimum Gasteiger partial charge on any atom is -0.325 e. The Morgan fingerprint density at radius 2 is 1.47 bits per heavy atom. The molecule has 2 N–H and O–H groups in total. The standard InChI is InChI=1S/C28H25ClN2O3S2/c1-19-8-16-25(17-9-19)36(33,34)31-22-12-14-24(15-13-22)35-27(21-6-4-3-5-7-21)28(32)30-23-11-10-20(2)26(29)18-23/h3-18,27,31H,1-2H3,(H,30,32). The maximum atomic E-state index is 13.3. The summed E-state index contributed by atoms with van der Waals surface area (Å²) in [6.45, 7) is 3.81. The van der Waals surface area contributed by atoms with Crippen molar-refractivity contribution >= 4 is 50.7 Å². The van der Waals surface area contributed by atoms with Crippen molar-refractivity contribution in [1.29, 1.82) is 0 Å². The van der Waals surface area contributed by atoms with E-state index in [2.05, 4.69) is 10.0 Å². The molecule has 4 rings (SSSR count). The molecule has 0 saturated carbocycles. The van der Waals surface area contributed by atoms with Crippen LogP contribution in [0.25, 0.3) is 0 Å². The molecule has 0 radical (unpaired) electrons. The van der Waals surface area contributed by atoms with Gasteiger partial charge < -0.3 is 5.32 Å². The lowest BCUT2D eigenvalue weighted by Crippen LogP contribution is -2.19. The van der Waals surface area contributed by atoms with Crippen LogP contribution in [0.5, 0.6) is 0 Å². The highest BCUT2D eigenvalue weighted by molar-refractivity contribution is 8.00. The molecule has 0 aliphatic heterocycles. The van der Waals surface area contributed by atoms with Crippen LogP contribution in [0.2, 0.25) is 5.02 Å². The van der Waals surface area contributed by atoms with Crippen LogP contribution >= 0.6 is 23.4 Å². The van der Waals surface area contributed by atoms with Gasteiger partial charge >= 0.3 is 0 Å². The Hall–Kier alpha value is -3.26. The maximum Gasteiger partial charge on any atom is 0.261 e. The van der Waals surface area contributed by atoms with Crippen molar-refractivity contribution in [2.24, 2.45) is 0 Å². The van der Waals surface area contributed by atoms with Crippen molar-refractivity contribution in [3.05, 3.63) is 119 Å². The van der Waals surface area contributed by atoms with Crippen LogP contribution < -0.4 is 10.0 Å². The molecule has 36 heavy (non-hydrogen) atoms. The van der Waals surface area contributed by atoms with E-state index in [0.29, 0.717) is 16.4 Å². The van der Waals surface area contributed by atoms with Crippen molar-refractivity contribution in [3.8, 4) is 0 Å². The molecule has 0 aliphatic carbocycles. The predicted molar refractivity (Wildman–Crippen MR) is 148 cm³/mol. The van der Waals surface area contributed by atoms with E-state index in [1.165, 1.54) is 11.8 Å². The lowest BCUT2D eigenvalue weighted by atomic mass is 10.1. The van der Waals surface area contributed by atoms with Crippen LogP contribution in [-0.2, 0) is 14.8 Å². The van der Waals surface area contributed by atoms with Gasteiger partial charge in [0.1, 0.15) is 5.25 Å². The molecule has 0 heterocycles. The zero-order chi connectivity index (χ0) is 25.7. The van der Waals surface area contributed by atoms with Gasteiger partial charge in [0.15, 0.2) is 0 Å². The van der Waals surface area contributed by atoms with Gasteiger partial charge in [0.2, 0.25) is 5.91 Å². The van der Waals surface area contributed by atoms with Gasteiger partial charge in [-0.1, -0.05) is 65.7 Å². The van der Waals surface area contributed by atoms with Crippen LogP contribution in [-0.4, -0.2) is 14.3 Å². The molecule has 0 bridgehead atoms. The molecule has 4 aromatic rings. The SMILES string of the molecule is Cc1ccc(S(=O)(=O)Nc2ccc(SC(C(=O)Nc3ccc(C)c(Cl)c3)c3ccccc3)cc2)cc1. The normalized spacial score (nSPS) is 12.1. The zero-order valence-electron chi connectivity index (χ0n) is 19.7. The highest BCUT2D eigenvalue weighted by Crippen LogP contribution is 2.37. The van der Waals surface area contributed by atoms with Crippen molar-refractivity contribution < 1.29 is 13.2 Å². The molecule has 0 saturated heterocycles. The number of anilines is 2. The smallest absolute Gasteiger partial charge is 0.261 e. The third-order valence-electron chi connectivity index (χ3n) is 5.47. The average Bonchev–Trinajstić information content (AvgIpc) is 2.86. The van der Waals surface area contributed by atoms with Gasteiger partial charge in [0.25, 0.3) is 10.0 Å². The van der Waals surface area contributed by atoms with Gasteiger partial charge in [-0.2, -0.15) is 0 Å². The Morgan fingerprint density at radius 3 is 2.11 bits per heavy atom. The third kappa shape index (κ3) is 6.49. The minimum atomic E-state index is -3.70. The number of amides is 1. The number of thioether (sulfide) groups is 1.